The molecule has 1 aromatic rings. The fourth-order valence-electron chi connectivity index (χ4n) is 3.10. The minimum Gasteiger partial charge on any atom is -0.378 e. The molecule has 2 fully saturated rings. The fourth-order valence-corrected chi connectivity index (χ4v) is 3.10. The van der Waals surface area contributed by atoms with Gasteiger partial charge in [0.05, 0.1) is 12.3 Å². The van der Waals surface area contributed by atoms with E-state index < -0.39 is 0 Å². The van der Waals surface area contributed by atoms with Gasteiger partial charge in [0, 0.05) is 13.2 Å². The maximum Gasteiger partial charge on any atom is 0.245 e. The molecule has 0 bridgehead atoms. The van der Waals surface area contributed by atoms with E-state index in [1.165, 1.54) is 0 Å². The van der Waals surface area contributed by atoms with Gasteiger partial charge < -0.3 is 9.64 Å². The second kappa shape index (κ2) is 5.94. The SMILES string of the molecule is CC1NC(c2ccccc2)C(=O)N1CCC1CCCO1. The van der Waals surface area contributed by atoms with Gasteiger partial charge >= 0.3 is 0 Å². The first-order valence-corrected chi connectivity index (χ1v) is 7.49. The lowest BCUT2D eigenvalue weighted by atomic mass is 10.1. The number of carbonyl (C=O) groups is 1. The molecule has 0 spiro atoms. The second-order valence-corrected chi connectivity index (χ2v) is 5.64. The predicted octanol–water partition coefficient (Wildman–Crippen LogP) is 2.07. The summed E-state index contributed by atoms with van der Waals surface area (Å²) in [6.45, 7) is 3.70. The molecule has 3 rings (SSSR count). The van der Waals surface area contributed by atoms with E-state index in [0.29, 0.717) is 6.10 Å². The molecule has 0 radical (unpaired) electrons. The topological polar surface area (TPSA) is 41.6 Å². The number of nitrogens with zero attached hydrogens (tertiary/aromatic N) is 1. The van der Waals surface area contributed by atoms with Crippen LogP contribution in [0.1, 0.15) is 37.8 Å². The quantitative estimate of drug-likeness (QED) is 0.914. The Hall–Kier alpha value is -1.39. The molecular weight excluding hydrogens is 252 g/mol. The van der Waals surface area contributed by atoms with Crippen molar-refractivity contribution in [2.75, 3.05) is 13.2 Å². The number of carbonyl (C=O) groups excluding carboxylic acids is 1. The molecule has 0 aliphatic carbocycles. The van der Waals surface area contributed by atoms with Gasteiger partial charge in [0.15, 0.2) is 0 Å². The van der Waals surface area contributed by atoms with Crippen molar-refractivity contribution in [3.8, 4) is 0 Å². The van der Waals surface area contributed by atoms with Crippen LogP contribution in [-0.4, -0.2) is 36.2 Å². The maximum absolute atomic E-state index is 12.5. The Kier molecular flexibility index (Phi) is 4.03. The summed E-state index contributed by atoms with van der Waals surface area (Å²) >= 11 is 0. The number of amides is 1. The first-order valence-electron chi connectivity index (χ1n) is 7.49. The number of benzene rings is 1. The van der Waals surface area contributed by atoms with E-state index in [1.807, 2.05) is 35.2 Å². The average Bonchev–Trinajstić information content (AvgIpc) is 3.07. The molecule has 2 saturated heterocycles. The fraction of sp³-hybridized carbons (Fsp3) is 0.562. The third-order valence-corrected chi connectivity index (χ3v) is 4.25. The van der Waals surface area contributed by atoms with Crippen molar-refractivity contribution < 1.29 is 9.53 Å². The van der Waals surface area contributed by atoms with Gasteiger partial charge in [-0.2, -0.15) is 0 Å². The molecule has 2 heterocycles. The molecule has 1 amide bonds. The Morgan fingerprint density at radius 3 is 2.85 bits per heavy atom. The maximum atomic E-state index is 12.5. The van der Waals surface area contributed by atoms with Gasteiger partial charge in [-0.3, -0.25) is 10.1 Å². The number of nitrogens with one attached hydrogen (secondary N) is 1. The van der Waals surface area contributed by atoms with Gasteiger partial charge in [0.2, 0.25) is 5.91 Å². The summed E-state index contributed by atoms with van der Waals surface area (Å²) in [5.41, 5.74) is 1.05. The normalized spacial score (nSPS) is 30.1. The zero-order valence-corrected chi connectivity index (χ0v) is 11.9. The highest BCUT2D eigenvalue weighted by Crippen LogP contribution is 2.25. The van der Waals surface area contributed by atoms with Crippen LogP contribution in [0.3, 0.4) is 0 Å². The first-order chi connectivity index (χ1) is 9.75. The van der Waals surface area contributed by atoms with Crippen LogP contribution < -0.4 is 5.32 Å². The van der Waals surface area contributed by atoms with Crippen LogP contribution in [0.4, 0.5) is 0 Å². The van der Waals surface area contributed by atoms with Gasteiger partial charge in [-0.15, -0.1) is 0 Å². The van der Waals surface area contributed by atoms with E-state index in [0.717, 1.165) is 38.0 Å². The predicted molar refractivity (Wildman–Crippen MR) is 77.1 cm³/mol. The minimum absolute atomic E-state index is 0.0918. The summed E-state index contributed by atoms with van der Waals surface area (Å²) in [5.74, 6) is 0.182. The van der Waals surface area contributed by atoms with Crippen molar-refractivity contribution >= 4 is 5.91 Å². The van der Waals surface area contributed by atoms with Crippen LogP contribution >= 0.6 is 0 Å². The van der Waals surface area contributed by atoms with Crippen molar-refractivity contribution in [3.05, 3.63) is 35.9 Å². The summed E-state index contributed by atoms with van der Waals surface area (Å²) in [7, 11) is 0. The van der Waals surface area contributed by atoms with Crippen LogP contribution in [0.2, 0.25) is 0 Å². The summed E-state index contributed by atoms with van der Waals surface area (Å²) in [4.78, 5) is 14.5. The van der Waals surface area contributed by atoms with E-state index in [2.05, 4.69) is 12.2 Å². The smallest absolute Gasteiger partial charge is 0.245 e. The van der Waals surface area contributed by atoms with Gasteiger partial charge in [0.1, 0.15) is 6.04 Å². The van der Waals surface area contributed by atoms with Crippen molar-refractivity contribution in [2.24, 2.45) is 0 Å². The zero-order chi connectivity index (χ0) is 13.9. The molecule has 3 unspecified atom stereocenters. The molecule has 20 heavy (non-hydrogen) atoms. The highest BCUT2D eigenvalue weighted by atomic mass is 16.5. The van der Waals surface area contributed by atoms with E-state index in [1.54, 1.807) is 0 Å². The lowest BCUT2D eigenvalue weighted by Gasteiger charge is -2.22. The monoisotopic (exact) mass is 274 g/mol. The molecule has 1 aromatic carbocycles. The van der Waals surface area contributed by atoms with Gasteiger partial charge in [0.25, 0.3) is 0 Å². The van der Waals surface area contributed by atoms with Crippen molar-refractivity contribution in [3.63, 3.8) is 0 Å². The van der Waals surface area contributed by atoms with E-state index in [-0.39, 0.29) is 18.1 Å². The van der Waals surface area contributed by atoms with Crippen LogP contribution in [-0.2, 0) is 9.53 Å². The third kappa shape index (κ3) is 2.72. The molecule has 3 atom stereocenters. The Labute approximate surface area is 120 Å². The molecule has 1 N–H and O–H groups in total. The Bertz CT molecular complexity index is 457. The molecule has 4 nitrogen and oxygen atoms in total. The third-order valence-electron chi connectivity index (χ3n) is 4.25. The van der Waals surface area contributed by atoms with Gasteiger partial charge in [-0.05, 0) is 31.7 Å². The molecule has 0 saturated carbocycles. The highest BCUT2D eigenvalue weighted by molar-refractivity contribution is 5.85. The van der Waals surface area contributed by atoms with Crippen LogP contribution in [0.5, 0.6) is 0 Å². The van der Waals surface area contributed by atoms with Gasteiger partial charge in [-0.25, -0.2) is 0 Å². The zero-order valence-electron chi connectivity index (χ0n) is 11.9. The lowest BCUT2D eigenvalue weighted by Crippen LogP contribution is -2.36. The highest BCUT2D eigenvalue weighted by Gasteiger charge is 2.37. The summed E-state index contributed by atoms with van der Waals surface area (Å²) in [6, 6.07) is 9.74. The molecule has 2 aliphatic heterocycles. The number of rotatable bonds is 4. The molecule has 4 heteroatoms. The largest absolute Gasteiger partial charge is 0.378 e. The minimum atomic E-state index is -0.198. The van der Waals surface area contributed by atoms with E-state index >= 15 is 0 Å². The van der Waals surface area contributed by atoms with Crippen molar-refractivity contribution in [1.29, 1.82) is 0 Å². The second-order valence-electron chi connectivity index (χ2n) is 5.64. The lowest BCUT2D eigenvalue weighted by molar-refractivity contribution is -0.130. The Morgan fingerprint density at radius 2 is 2.15 bits per heavy atom. The van der Waals surface area contributed by atoms with E-state index in [4.69, 9.17) is 4.74 Å². The number of hydrogen-bond donors (Lipinski definition) is 1. The molecular formula is C16H22N2O2. The number of ether oxygens (including phenoxy) is 1. The van der Waals surface area contributed by atoms with Gasteiger partial charge in [-0.1, -0.05) is 30.3 Å². The average molecular weight is 274 g/mol. The Morgan fingerprint density at radius 1 is 1.35 bits per heavy atom. The van der Waals surface area contributed by atoms with Crippen molar-refractivity contribution in [1.82, 2.24) is 10.2 Å². The number of hydrogen-bond acceptors (Lipinski definition) is 3. The standard InChI is InChI=1S/C16H22N2O2/c1-12-17-15(13-6-3-2-4-7-13)16(19)18(12)10-9-14-8-5-11-20-14/h2-4,6-7,12,14-15,17H,5,8-11H2,1H3. The summed E-state index contributed by atoms with van der Waals surface area (Å²) < 4.78 is 5.64. The van der Waals surface area contributed by atoms with Crippen LogP contribution in [0.25, 0.3) is 0 Å². The van der Waals surface area contributed by atoms with Crippen LogP contribution in [0.15, 0.2) is 30.3 Å². The first kappa shape index (κ1) is 13.6. The molecule has 2 aliphatic rings. The molecule has 0 aromatic heterocycles. The summed E-state index contributed by atoms with van der Waals surface area (Å²) in [6.07, 6.45) is 3.66. The Balaban J connectivity index is 1.62. The van der Waals surface area contributed by atoms with Crippen LogP contribution in [0, 0.1) is 0 Å². The van der Waals surface area contributed by atoms with E-state index in [9.17, 15) is 4.79 Å². The summed E-state index contributed by atoms with van der Waals surface area (Å²) in [5, 5.41) is 3.38. The molecule has 108 valence electrons. The van der Waals surface area contributed by atoms with Crippen molar-refractivity contribution in [2.45, 2.75) is 44.5 Å².